The fraction of sp³-hybridized carbons (Fsp3) is 0.200. The molecule has 3 aromatic rings. The predicted octanol–water partition coefficient (Wildman–Crippen LogP) is 3.90. The summed E-state index contributed by atoms with van der Waals surface area (Å²) < 4.78 is 45.8. The van der Waals surface area contributed by atoms with Gasteiger partial charge in [0, 0.05) is 12.0 Å². The van der Waals surface area contributed by atoms with Gasteiger partial charge in [-0.15, -0.1) is 0 Å². The maximum atomic E-state index is 13.1. The Labute approximate surface area is 169 Å². The van der Waals surface area contributed by atoms with Crippen molar-refractivity contribution >= 4 is 17.4 Å². The van der Waals surface area contributed by atoms with E-state index in [1.54, 1.807) is 31.2 Å². The van der Waals surface area contributed by atoms with Crippen molar-refractivity contribution in [3.63, 3.8) is 0 Å². The Morgan fingerprint density at radius 3 is 2.47 bits per heavy atom. The molecule has 0 spiro atoms. The summed E-state index contributed by atoms with van der Waals surface area (Å²) in [6.45, 7) is 1.31. The molecule has 0 saturated heterocycles. The van der Waals surface area contributed by atoms with Gasteiger partial charge in [0.1, 0.15) is 18.4 Å². The molecule has 2 aromatic carbocycles. The Kier molecular flexibility index (Phi) is 6.14. The molecule has 0 aliphatic rings. The Bertz CT molecular complexity index is 1030. The number of Topliss-reactive ketones (excluding diaryl/α,β-unsaturated/α-hetero) is 1. The molecule has 0 unspecified atom stereocenters. The Balaban J connectivity index is 1.73. The van der Waals surface area contributed by atoms with Gasteiger partial charge in [-0.1, -0.05) is 6.92 Å². The van der Waals surface area contributed by atoms with Crippen LogP contribution < -0.4 is 10.1 Å². The fourth-order valence-electron chi connectivity index (χ4n) is 2.62. The molecule has 30 heavy (non-hydrogen) atoms. The van der Waals surface area contributed by atoms with E-state index in [0.29, 0.717) is 17.7 Å². The minimum Gasteiger partial charge on any atom is -0.484 e. The zero-order valence-electron chi connectivity index (χ0n) is 15.8. The summed E-state index contributed by atoms with van der Waals surface area (Å²) in [7, 11) is 0. The molecule has 0 saturated carbocycles. The van der Waals surface area contributed by atoms with Gasteiger partial charge in [-0.05, 0) is 42.5 Å². The minimum absolute atomic E-state index is 0.0236. The first kappa shape index (κ1) is 21.0. The lowest BCUT2D eigenvalue weighted by atomic mass is 10.1. The SMILES string of the molecule is CCC(=O)c1ccc(OCC(=O)Nc2cc(C(F)(F)F)ccc2-n2cncn2)cc1. The second-order valence-electron chi connectivity index (χ2n) is 6.21. The van der Waals surface area contributed by atoms with E-state index in [4.69, 9.17) is 4.74 Å². The first-order valence-electron chi connectivity index (χ1n) is 8.90. The van der Waals surface area contributed by atoms with Crippen LogP contribution in [0.4, 0.5) is 18.9 Å². The second-order valence-corrected chi connectivity index (χ2v) is 6.21. The molecule has 0 radical (unpaired) electrons. The van der Waals surface area contributed by atoms with Gasteiger partial charge in [0.25, 0.3) is 5.91 Å². The summed E-state index contributed by atoms with van der Waals surface area (Å²) in [6.07, 6.45) is -1.69. The van der Waals surface area contributed by atoms with Crippen LogP contribution in [0.3, 0.4) is 0 Å². The van der Waals surface area contributed by atoms with Gasteiger partial charge in [-0.3, -0.25) is 9.59 Å². The van der Waals surface area contributed by atoms with Crippen LogP contribution in [0.25, 0.3) is 5.69 Å². The molecule has 3 rings (SSSR count). The molecular weight excluding hydrogens is 401 g/mol. The Morgan fingerprint density at radius 1 is 1.13 bits per heavy atom. The third kappa shape index (κ3) is 5.02. The first-order chi connectivity index (χ1) is 14.3. The second kappa shape index (κ2) is 8.76. The smallest absolute Gasteiger partial charge is 0.416 e. The highest BCUT2D eigenvalue weighted by Gasteiger charge is 2.31. The van der Waals surface area contributed by atoms with Crippen LogP contribution in [0.5, 0.6) is 5.75 Å². The molecule has 156 valence electrons. The molecule has 1 amide bonds. The maximum absolute atomic E-state index is 13.1. The van der Waals surface area contributed by atoms with E-state index in [9.17, 15) is 22.8 Å². The van der Waals surface area contributed by atoms with Crippen LogP contribution in [-0.2, 0) is 11.0 Å². The highest BCUT2D eigenvalue weighted by molar-refractivity contribution is 5.96. The molecule has 1 N–H and O–H groups in total. The number of alkyl halides is 3. The highest BCUT2D eigenvalue weighted by atomic mass is 19.4. The molecule has 1 aromatic heterocycles. The van der Waals surface area contributed by atoms with Crippen molar-refractivity contribution in [2.75, 3.05) is 11.9 Å². The number of nitrogens with zero attached hydrogens (tertiary/aromatic N) is 3. The van der Waals surface area contributed by atoms with Crippen molar-refractivity contribution in [2.24, 2.45) is 0 Å². The molecule has 0 bridgehead atoms. The van der Waals surface area contributed by atoms with Crippen LogP contribution >= 0.6 is 0 Å². The van der Waals surface area contributed by atoms with Gasteiger partial charge in [0.15, 0.2) is 12.4 Å². The number of anilines is 1. The quantitative estimate of drug-likeness (QED) is 0.589. The fourth-order valence-corrected chi connectivity index (χ4v) is 2.62. The van der Waals surface area contributed by atoms with Gasteiger partial charge in [0.05, 0.1) is 16.9 Å². The van der Waals surface area contributed by atoms with Crippen LogP contribution in [-0.4, -0.2) is 33.1 Å². The number of ketones is 1. The van der Waals surface area contributed by atoms with Crippen molar-refractivity contribution in [3.8, 4) is 11.4 Å². The summed E-state index contributed by atoms with van der Waals surface area (Å²) in [4.78, 5) is 27.7. The van der Waals surface area contributed by atoms with Crippen molar-refractivity contribution < 1.29 is 27.5 Å². The topological polar surface area (TPSA) is 86.1 Å². The van der Waals surface area contributed by atoms with Crippen LogP contribution in [0.1, 0.15) is 29.3 Å². The molecule has 0 atom stereocenters. The van der Waals surface area contributed by atoms with Crippen molar-refractivity contribution in [1.82, 2.24) is 14.8 Å². The van der Waals surface area contributed by atoms with E-state index < -0.39 is 24.3 Å². The highest BCUT2D eigenvalue weighted by Crippen LogP contribution is 2.33. The number of amides is 1. The van der Waals surface area contributed by atoms with E-state index in [-0.39, 0.29) is 17.2 Å². The number of benzene rings is 2. The zero-order chi connectivity index (χ0) is 21.7. The number of halogens is 3. The van der Waals surface area contributed by atoms with Crippen molar-refractivity contribution in [1.29, 1.82) is 0 Å². The summed E-state index contributed by atoms with van der Waals surface area (Å²) in [5.74, 6) is -0.341. The van der Waals surface area contributed by atoms with Gasteiger partial charge < -0.3 is 10.1 Å². The third-order valence-electron chi connectivity index (χ3n) is 4.13. The van der Waals surface area contributed by atoms with Crippen molar-refractivity contribution in [3.05, 3.63) is 66.2 Å². The lowest BCUT2D eigenvalue weighted by Crippen LogP contribution is -2.21. The summed E-state index contributed by atoms with van der Waals surface area (Å²) in [5, 5.41) is 6.30. The summed E-state index contributed by atoms with van der Waals surface area (Å²) in [5.41, 5.74) is -0.265. The lowest BCUT2D eigenvalue weighted by Gasteiger charge is -2.14. The lowest BCUT2D eigenvalue weighted by molar-refractivity contribution is -0.137. The van der Waals surface area contributed by atoms with Gasteiger partial charge in [-0.2, -0.15) is 18.3 Å². The average molecular weight is 418 g/mol. The number of hydrogen-bond donors (Lipinski definition) is 1. The molecule has 0 aliphatic heterocycles. The largest absolute Gasteiger partial charge is 0.484 e. The van der Waals surface area contributed by atoms with Gasteiger partial charge in [0.2, 0.25) is 0 Å². The summed E-state index contributed by atoms with van der Waals surface area (Å²) >= 11 is 0. The normalized spacial score (nSPS) is 11.2. The van der Waals surface area contributed by atoms with Crippen LogP contribution in [0.2, 0.25) is 0 Å². The molecular formula is C20H17F3N4O3. The minimum atomic E-state index is -4.57. The molecule has 10 heteroatoms. The maximum Gasteiger partial charge on any atom is 0.416 e. The molecule has 1 heterocycles. The molecule has 7 nitrogen and oxygen atoms in total. The zero-order valence-corrected chi connectivity index (χ0v) is 15.8. The van der Waals surface area contributed by atoms with Crippen LogP contribution in [0, 0.1) is 0 Å². The van der Waals surface area contributed by atoms with E-state index in [1.807, 2.05) is 0 Å². The van der Waals surface area contributed by atoms with Gasteiger partial charge >= 0.3 is 6.18 Å². The van der Waals surface area contributed by atoms with Crippen LogP contribution in [0.15, 0.2) is 55.1 Å². The van der Waals surface area contributed by atoms with Crippen molar-refractivity contribution in [2.45, 2.75) is 19.5 Å². The Morgan fingerprint density at radius 2 is 1.87 bits per heavy atom. The van der Waals surface area contributed by atoms with E-state index in [1.165, 1.54) is 23.4 Å². The number of hydrogen-bond acceptors (Lipinski definition) is 5. The average Bonchev–Trinajstić information content (AvgIpc) is 3.26. The van der Waals surface area contributed by atoms with Gasteiger partial charge in [-0.25, -0.2) is 9.67 Å². The first-order valence-corrected chi connectivity index (χ1v) is 8.90. The number of nitrogens with one attached hydrogen (secondary N) is 1. The summed E-state index contributed by atoms with van der Waals surface area (Å²) in [6, 6.07) is 9.14. The molecule has 0 fully saturated rings. The van der Waals surface area contributed by atoms with E-state index in [2.05, 4.69) is 15.4 Å². The number of rotatable bonds is 7. The van der Waals surface area contributed by atoms with E-state index in [0.717, 1.165) is 12.1 Å². The third-order valence-corrected chi connectivity index (χ3v) is 4.13. The monoisotopic (exact) mass is 418 g/mol. The standard InChI is InChI=1S/C20H17F3N4O3/c1-2-18(28)13-3-6-15(7-4-13)30-10-19(29)26-16-9-14(20(21,22)23)5-8-17(16)27-12-24-11-25-27/h3-9,11-12H,2,10H2,1H3,(H,26,29). The Hall–Kier alpha value is -3.69. The number of carbonyl (C=O) groups is 2. The number of ether oxygens (including phenoxy) is 1. The number of aromatic nitrogens is 3. The van der Waals surface area contributed by atoms with E-state index >= 15 is 0 Å². The molecule has 0 aliphatic carbocycles. The number of carbonyl (C=O) groups excluding carboxylic acids is 2. The predicted molar refractivity (Wildman–Crippen MR) is 102 cm³/mol.